The molecular weight excluding hydrogens is 473 g/mol. The summed E-state index contributed by atoms with van der Waals surface area (Å²) in [6.45, 7) is 3.37. The molecule has 0 aliphatic carbocycles. The second-order valence-electron chi connectivity index (χ2n) is 7.87. The molecular formula is C25H26FN3O5S. The zero-order valence-electron chi connectivity index (χ0n) is 19.2. The maximum atomic E-state index is 14.4. The number of para-hydroxylation sites is 1. The van der Waals surface area contributed by atoms with Gasteiger partial charge in [0, 0.05) is 12.1 Å². The minimum atomic E-state index is -4.08. The number of rotatable bonds is 9. The smallest absolute Gasteiger partial charge is 0.311 e. The highest BCUT2D eigenvalue weighted by Gasteiger charge is 2.27. The maximum Gasteiger partial charge on any atom is 0.311 e. The Hall–Kier alpha value is -3.76. The fourth-order valence-electron chi connectivity index (χ4n) is 3.17. The molecule has 35 heavy (non-hydrogen) atoms. The lowest BCUT2D eigenvalue weighted by atomic mass is 10.1. The normalized spacial score (nSPS) is 12.1. The van der Waals surface area contributed by atoms with Crippen LogP contribution < -0.4 is 20.5 Å². The Labute approximate surface area is 203 Å². The van der Waals surface area contributed by atoms with E-state index in [1.54, 1.807) is 43.3 Å². The summed E-state index contributed by atoms with van der Waals surface area (Å²) in [6, 6.07) is 15.3. The van der Waals surface area contributed by atoms with Crippen molar-refractivity contribution >= 4 is 33.3 Å². The number of carbonyl (C=O) groups excluding carboxylic acids is 2. The predicted molar refractivity (Wildman–Crippen MR) is 131 cm³/mol. The third kappa shape index (κ3) is 6.87. The van der Waals surface area contributed by atoms with Crippen molar-refractivity contribution in [1.29, 1.82) is 0 Å². The van der Waals surface area contributed by atoms with Crippen molar-refractivity contribution in [3.05, 3.63) is 83.7 Å². The Bertz CT molecular complexity index is 1310. The van der Waals surface area contributed by atoms with Crippen LogP contribution in [0.3, 0.4) is 0 Å². The van der Waals surface area contributed by atoms with Gasteiger partial charge in [0.05, 0.1) is 10.6 Å². The van der Waals surface area contributed by atoms with E-state index in [1.165, 1.54) is 24.3 Å². The van der Waals surface area contributed by atoms with Crippen molar-refractivity contribution in [2.24, 2.45) is 0 Å². The first kappa shape index (κ1) is 25.9. The minimum Gasteiger partial charge on any atom is -0.421 e. The summed E-state index contributed by atoms with van der Waals surface area (Å²) < 4.78 is 47.9. The third-order valence-electron chi connectivity index (χ3n) is 5.09. The summed E-state index contributed by atoms with van der Waals surface area (Å²) in [5.41, 5.74) is 7.65. The van der Waals surface area contributed by atoms with Crippen LogP contribution in [0.15, 0.2) is 71.6 Å². The number of amides is 1. The molecule has 0 aliphatic heterocycles. The molecule has 0 unspecified atom stereocenters. The summed E-state index contributed by atoms with van der Waals surface area (Å²) in [5, 5.41) is 2.49. The maximum absolute atomic E-state index is 14.4. The van der Waals surface area contributed by atoms with Gasteiger partial charge in [-0.2, -0.15) is 4.72 Å². The molecule has 0 saturated carbocycles. The van der Waals surface area contributed by atoms with Gasteiger partial charge < -0.3 is 15.8 Å². The van der Waals surface area contributed by atoms with Gasteiger partial charge in [0.2, 0.25) is 15.9 Å². The van der Waals surface area contributed by atoms with Crippen molar-refractivity contribution in [2.45, 2.75) is 37.6 Å². The number of ether oxygens (including phenoxy) is 1. The van der Waals surface area contributed by atoms with Gasteiger partial charge in [0.1, 0.15) is 6.04 Å². The highest BCUT2D eigenvalue weighted by Crippen LogP contribution is 2.28. The molecule has 184 valence electrons. The molecule has 1 amide bonds. The molecule has 0 radical (unpaired) electrons. The van der Waals surface area contributed by atoms with E-state index in [2.05, 4.69) is 10.0 Å². The van der Waals surface area contributed by atoms with E-state index in [0.29, 0.717) is 11.3 Å². The summed E-state index contributed by atoms with van der Waals surface area (Å²) in [4.78, 5) is 25.0. The van der Waals surface area contributed by atoms with Crippen LogP contribution in [0.2, 0.25) is 0 Å². The van der Waals surface area contributed by atoms with E-state index in [0.717, 1.165) is 11.6 Å². The van der Waals surface area contributed by atoms with Crippen molar-refractivity contribution in [3.63, 3.8) is 0 Å². The van der Waals surface area contributed by atoms with E-state index in [1.807, 2.05) is 6.92 Å². The summed E-state index contributed by atoms with van der Waals surface area (Å²) in [5.74, 6) is -2.75. The highest BCUT2D eigenvalue weighted by atomic mass is 32.2. The fraction of sp³-hybridized carbons (Fsp3) is 0.200. The zero-order valence-corrected chi connectivity index (χ0v) is 20.1. The molecule has 10 heteroatoms. The van der Waals surface area contributed by atoms with Crippen LogP contribution in [-0.2, 0) is 26.0 Å². The number of nitrogen functional groups attached to an aromatic ring is 1. The number of hydrogen-bond donors (Lipinski definition) is 3. The average Bonchev–Trinajstić information content (AvgIpc) is 2.82. The Morgan fingerprint density at radius 1 is 1.03 bits per heavy atom. The van der Waals surface area contributed by atoms with Gasteiger partial charge in [-0.15, -0.1) is 0 Å². The van der Waals surface area contributed by atoms with Gasteiger partial charge in [-0.3, -0.25) is 9.59 Å². The van der Waals surface area contributed by atoms with Crippen molar-refractivity contribution < 1.29 is 27.1 Å². The number of esters is 1. The van der Waals surface area contributed by atoms with Crippen molar-refractivity contribution in [3.8, 4) is 5.75 Å². The Balaban J connectivity index is 1.92. The quantitative estimate of drug-likeness (QED) is 0.235. The third-order valence-corrected chi connectivity index (χ3v) is 6.58. The number of nitrogens with one attached hydrogen (secondary N) is 2. The van der Waals surface area contributed by atoms with Gasteiger partial charge in [-0.1, -0.05) is 42.8 Å². The molecule has 0 fully saturated rings. The number of hydrogen-bond acceptors (Lipinski definition) is 6. The fourth-order valence-corrected chi connectivity index (χ4v) is 4.36. The molecule has 3 aromatic rings. The molecule has 0 aromatic heterocycles. The van der Waals surface area contributed by atoms with Crippen molar-refractivity contribution in [1.82, 2.24) is 4.72 Å². The number of benzene rings is 3. The molecule has 4 N–H and O–H groups in total. The largest absolute Gasteiger partial charge is 0.421 e. The lowest BCUT2D eigenvalue weighted by Gasteiger charge is -2.20. The van der Waals surface area contributed by atoms with Crippen LogP contribution in [0.25, 0.3) is 0 Å². The number of carbonyl (C=O) groups is 2. The van der Waals surface area contributed by atoms with Crippen LogP contribution >= 0.6 is 0 Å². The van der Waals surface area contributed by atoms with Crippen LogP contribution in [0.4, 0.5) is 15.8 Å². The topological polar surface area (TPSA) is 128 Å². The summed E-state index contributed by atoms with van der Waals surface area (Å²) in [7, 11) is -4.08. The molecule has 0 heterocycles. The van der Waals surface area contributed by atoms with E-state index >= 15 is 0 Å². The first-order chi connectivity index (χ1) is 16.6. The molecule has 0 bridgehead atoms. The van der Waals surface area contributed by atoms with Gasteiger partial charge >= 0.3 is 5.97 Å². The van der Waals surface area contributed by atoms with Gasteiger partial charge in [-0.05, 0) is 55.3 Å². The van der Waals surface area contributed by atoms with E-state index in [4.69, 9.17) is 10.5 Å². The molecule has 0 aliphatic rings. The van der Waals surface area contributed by atoms with Crippen LogP contribution in [-0.4, -0.2) is 26.3 Å². The monoisotopic (exact) mass is 499 g/mol. The molecule has 0 saturated heterocycles. The Morgan fingerprint density at radius 2 is 1.69 bits per heavy atom. The van der Waals surface area contributed by atoms with Crippen molar-refractivity contribution in [2.75, 3.05) is 11.1 Å². The van der Waals surface area contributed by atoms with Gasteiger partial charge in [0.25, 0.3) is 0 Å². The number of halogens is 1. The second-order valence-corrected chi connectivity index (χ2v) is 9.58. The Kier molecular flexibility index (Phi) is 8.21. The number of anilines is 2. The lowest BCUT2D eigenvalue weighted by molar-refractivity contribution is -0.134. The SMILES string of the molecule is CCC(=O)Oc1c(F)cccc1NC(=O)[C@H](Cc1ccc(N)cc1)NS(=O)(=O)c1ccc(C)cc1. The highest BCUT2D eigenvalue weighted by molar-refractivity contribution is 7.89. The molecule has 8 nitrogen and oxygen atoms in total. The summed E-state index contributed by atoms with van der Waals surface area (Å²) in [6.07, 6.45) is -0.0194. The number of sulfonamides is 1. The second kappa shape index (κ2) is 11.1. The molecule has 3 rings (SSSR count). The van der Waals surface area contributed by atoms with Gasteiger partial charge in [-0.25, -0.2) is 12.8 Å². The average molecular weight is 500 g/mol. The standard InChI is InChI=1S/C25H26FN3O5S/c1-3-23(30)34-24-20(26)5-4-6-21(24)28-25(31)22(15-17-9-11-18(27)12-10-17)29-35(32,33)19-13-7-16(2)8-14-19/h4-14,22,29H,3,15,27H2,1-2H3,(H,28,31)/t22-/m0/s1. The zero-order chi connectivity index (χ0) is 25.6. The van der Waals surface area contributed by atoms with E-state index in [9.17, 15) is 22.4 Å². The van der Waals surface area contributed by atoms with Crippen LogP contribution in [0.1, 0.15) is 24.5 Å². The number of aryl methyl sites for hydroxylation is 1. The predicted octanol–water partition coefficient (Wildman–Crippen LogP) is 3.56. The molecule has 3 aromatic carbocycles. The minimum absolute atomic E-state index is 0.00215. The molecule has 1 atom stereocenters. The van der Waals surface area contributed by atoms with Crippen LogP contribution in [0, 0.1) is 12.7 Å². The van der Waals surface area contributed by atoms with Gasteiger partial charge in [0.15, 0.2) is 11.6 Å². The number of nitrogens with two attached hydrogens (primary N) is 1. The first-order valence-corrected chi connectivity index (χ1v) is 12.3. The molecule has 0 spiro atoms. The van der Waals surface area contributed by atoms with E-state index in [-0.39, 0.29) is 23.4 Å². The first-order valence-electron chi connectivity index (χ1n) is 10.8. The van der Waals surface area contributed by atoms with Crippen LogP contribution in [0.5, 0.6) is 5.75 Å². The Morgan fingerprint density at radius 3 is 2.31 bits per heavy atom. The lowest BCUT2D eigenvalue weighted by Crippen LogP contribution is -2.45. The summed E-state index contributed by atoms with van der Waals surface area (Å²) >= 11 is 0. The van der Waals surface area contributed by atoms with E-state index < -0.39 is 39.5 Å².